The van der Waals surface area contributed by atoms with Gasteiger partial charge < -0.3 is 41.3 Å². The molecule has 170 valence electrons. The number of hydrogen-bond acceptors (Lipinski definition) is 8. The molecule has 0 radical (unpaired) electrons. The third-order valence-corrected chi connectivity index (χ3v) is 3.84. The SMILES string of the molecule is O=C(O)CC(O)(CC(=O)NCCCCNC(=O)CC(O)(CC(=O)O)C(=O)O)C(=O)O. The molecule has 0 spiro atoms. The Morgan fingerprint density at radius 2 is 0.867 bits per heavy atom. The number of hydrogen-bond donors (Lipinski definition) is 8. The fourth-order valence-corrected chi connectivity index (χ4v) is 2.29. The molecule has 2 amide bonds. The molecule has 0 saturated heterocycles. The van der Waals surface area contributed by atoms with Crippen molar-refractivity contribution in [2.75, 3.05) is 13.1 Å². The van der Waals surface area contributed by atoms with Crippen LogP contribution >= 0.6 is 0 Å². The van der Waals surface area contributed by atoms with E-state index in [0.29, 0.717) is 0 Å². The molecule has 0 aromatic rings. The summed E-state index contributed by atoms with van der Waals surface area (Å²) in [6.07, 6.45) is -3.71. The Bertz CT molecular complexity index is 636. The van der Waals surface area contributed by atoms with E-state index >= 15 is 0 Å². The molecule has 14 heteroatoms. The molecule has 0 rings (SSSR count). The zero-order valence-corrected chi connectivity index (χ0v) is 15.8. The lowest BCUT2D eigenvalue weighted by Gasteiger charge is -2.21. The van der Waals surface area contributed by atoms with Crippen LogP contribution in [0.3, 0.4) is 0 Å². The van der Waals surface area contributed by atoms with E-state index in [-0.39, 0.29) is 25.9 Å². The van der Waals surface area contributed by atoms with Gasteiger partial charge in [-0.1, -0.05) is 0 Å². The maximum absolute atomic E-state index is 11.7. The summed E-state index contributed by atoms with van der Waals surface area (Å²) in [7, 11) is 0. The van der Waals surface area contributed by atoms with Crippen LogP contribution in [0.4, 0.5) is 0 Å². The second-order valence-corrected chi connectivity index (χ2v) is 6.58. The first-order valence-corrected chi connectivity index (χ1v) is 8.60. The topological polar surface area (TPSA) is 248 Å². The quantitative estimate of drug-likeness (QED) is 0.123. The Morgan fingerprint density at radius 3 is 1.10 bits per heavy atom. The molecule has 0 heterocycles. The first-order valence-electron chi connectivity index (χ1n) is 8.60. The van der Waals surface area contributed by atoms with Gasteiger partial charge in [0.25, 0.3) is 0 Å². The van der Waals surface area contributed by atoms with Gasteiger partial charge in [0.2, 0.25) is 11.8 Å². The molecular weight excluding hydrogens is 412 g/mol. The Kier molecular flexibility index (Phi) is 10.4. The molecule has 0 aliphatic heterocycles. The zero-order valence-electron chi connectivity index (χ0n) is 15.8. The Balaban J connectivity index is 4.27. The van der Waals surface area contributed by atoms with Gasteiger partial charge in [0.15, 0.2) is 11.2 Å². The third kappa shape index (κ3) is 9.79. The lowest BCUT2D eigenvalue weighted by Crippen LogP contribution is -2.45. The smallest absolute Gasteiger partial charge is 0.336 e. The van der Waals surface area contributed by atoms with Crippen molar-refractivity contribution in [1.29, 1.82) is 0 Å². The largest absolute Gasteiger partial charge is 0.481 e. The van der Waals surface area contributed by atoms with Crippen molar-refractivity contribution in [3.05, 3.63) is 0 Å². The van der Waals surface area contributed by atoms with Gasteiger partial charge in [-0.25, -0.2) is 9.59 Å². The van der Waals surface area contributed by atoms with Crippen LogP contribution in [-0.4, -0.2) is 90.6 Å². The fraction of sp³-hybridized carbons (Fsp3) is 0.625. The summed E-state index contributed by atoms with van der Waals surface area (Å²) >= 11 is 0. The lowest BCUT2D eigenvalue weighted by molar-refractivity contribution is -0.167. The van der Waals surface area contributed by atoms with Gasteiger partial charge in [-0.15, -0.1) is 0 Å². The number of amides is 2. The first kappa shape index (κ1) is 26.7. The molecule has 0 fully saturated rings. The van der Waals surface area contributed by atoms with E-state index in [2.05, 4.69) is 10.6 Å². The summed E-state index contributed by atoms with van der Waals surface area (Å²) in [6.45, 7) is 0.0190. The van der Waals surface area contributed by atoms with Crippen molar-refractivity contribution < 1.29 is 59.4 Å². The Labute approximate surface area is 169 Å². The molecule has 0 bridgehead atoms. The van der Waals surface area contributed by atoms with Gasteiger partial charge in [-0.3, -0.25) is 19.2 Å². The molecular formula is C16H24N2O12. The van der Waals surface area contributed by atoms with Crippen LogP contribution in [0.2, 0.25) is 0 Å². The predicted octanol–water partition coefficient (Wildman–Crippen LogP) is -2.64. The van der Waals surface area contributed by atoms with E-state index < -0.39 is 72.6 Å². The van der Waals surface area contributed by atoms with Crippen LogP contribution in [0.1, 0.15) is 38.5 Å². The summed E-state index contributed by atoms with van der Waals surface area (Å²) in [5, 5.41) is 59.0. The molecule has 0 aliphatic rings. The minimum Gasteiger partial charge on any atom is -0.481 e. The number of rotatable bonds is 15. The Hall–Kier alpha value is -3.26. The van der Waals surface area contributed by atoms with E-state index in [0.717, 1.165) is 0 Å². The van der Waals surface area contributed by atoms with Gasteiger partial charge in [-0.05, 0) is 12.8 Å². The number of aliphatic carboxylic acids is 4. The van der Waals surface area contributed by atoms with E-state index in [4.69, 9.17) is 20.4 Å². The fourth-order valence-electron chi connectivity index (χ4n) is 2.29. The second kappa shape index (κ2) is 11.7. The van der Waals surface area contributed by atoms with E-state index in [1.54, 1.807) is 0 Å². The van der Waals surface area contributed by atoms with Gasteiger partial charge >= 0.3 is 23.9 Å². The second-order valence-electron chi connectivity index (χ2n) is 6.58. The molecule has 8 N–H and O–H groups in total. The monoisotopic (exact) mass is 436 g/mol. The maximum Gasteiger partial charge on any atom is 0.336 e. The molecule has 0 saturated carbocycles. The van der Waals surface area contributed by atoms with Gasteiger partial charge in [0.05, 0.1) is 25.7 Å². The number of carboxylic acid groups (broad SMARTS) is 4. The highest BCUT2D eigenvalue weighted by Gasteiger charge is 2.41. The highest BCUT2D eigenvalue weighted by Crippen LogP contribution is 2.17. The van der Waals surface area contributed by atoms with Gasteiger partial charge in [0.1, 0.15) is 0 Å². The van der Waals surface area contributed by atoms with Crippen LogP contribution in [0.25, 0.3) is 0 Å². The van der Waals surface area contributed by atoms with Crippen LogP contribution in [0.5, 0.6) is 0 Å². The molecule has 30 heavy (non-hydrogen) atoms. The average Bonchev–Trinajstić information content (AvgIpc) is 2.55. The number of aliphatic hydroxyl groups is 2. The van der Waals surface area contributed by atoms with E-state index in [1.807, 2.05) is 0 Å². The van der Waals surface area contributed by atoms with Crippen molar-refractivity contribution in [2.24, 2.45) is 0 Å². The van der Waals surface area contributed by atoms with Crippen molar-refractivity contribution in [3.63, 3.8) is 0 Å². The maximum atomic E-state index is 11.7. The Morgan fingerprint density at radius 1 is 0.567 bits per heavy atom. The summed E-state index contributed by atoms with van der Waals surface area (Å²) in [5.41, 5.74) is -5.50. The lowest BCUT2D eigenvalue weighted by atomic mass is 9.95. The number of nitrogens with one attached hydrogen (secondary N) is 2. The molecule has 2 unspecified atom stereocenters. The van der Waals surface area contributed by atoms with Crippen LogP contribution in [-0.2, 0) is 28.8 Å². The van der Waals surface area contributed by atoms with Crippen molar-refractivity contribution in [3.8, 4) is 0 Å². The number of unbranched alkanes of at least 4 members (excludes halogenated alkanes) is 1. The van der Waals surface area contributed by atoms with Crippen LogP contribution in [0.15, 0.2) is 0 Å². The molecule has 2 atom stereocenters. The molecule has 0 aromatic heterocycles. The predicted molar refractivity (Wildman–Crippen MR) is 94.2 cm³/mol. The van der Waals surface area contributed by atoms with Crippen LogP contribution in [0, 0.1) is 0 Å². The average molecular weight is 436 g/mol. The van der Waals surface area contributed by atoms with Crippen molar-refractivity contribution in [2.45, 2.75) is 49.7 Å². The van der Waals surface area contributed by atoms with E-state index in [9.17, 15) is 39.0 Å². The van der Waals surface area contributed by atoms with Gasteiger partial charge in [0, 0.05) is 13.1 Å². The molecule has 0 aromatic carbocycles. The summed E-state index contributed by atoms with van der Waals surface area (Å²) < 4.78 is 0. The highest BCUT2D eigenvalue weighted by molar-refractivity contribution is 5.90. The molecule has 14 nitrogen and oxygen atoms in total. The first-order chi connectivity index (χ1) is 13.7. The van der Waals surface area contributed by atoms with Gasteiger partial charge in [-0.2, -0.15) is 0 Å². The highest BCUT2D eigenvalue weighted by atomic mass is 16.4. The number of carbonyl (C=O) groups excluding carboxylic acids is 2. The minimum absolute atomic E-state index is 0.00948. The van der Waals surface area contributed by atoms with E-state index in [1.165, 1.54) is 0 Å². The number of carbonyl (C=O) groups is 6. The van der Waals surface area contributed by atoms with Crippen molar-refractivity contribution in [1.82, 2.24) is 10.6 Å². The minimum atomic E-state index is -2.75. The summed E-state index contributed by atoms with van der Waals surface area (Å²) in [6, 6.07) is 0. The standard InChI is InChI=1S/C16H24N2O12/c19-9(5-15(29,13(25)26)7-11(21)22)17-3-1-2-4-18-10(20)6-16(30,14(27)28)8-12(23)24/h29-30H,1-8H2,(H,17,19)(H,18,20)(H,21,22)(H,23,24)(H,25,26)(H,27,28). The third-order valence-electron chi connectivity index (χ3n) is 3.84. The normalized spacial score (nSPS) is 14.6. The number of carboxylic acids is 4. The van der Waals surface area contributed by atoms with Crippen molar-refractivity contribution >= 4 is 35.7 Å². The zero-order chi connectivity index (χ0) is 23.5. The summed E-state index contributed by atoms with van der Waals surface area (Å²) in [5.74, 6) is -8.70. The summed E-state index contributed by atoms with van der Waals surface area (Å²) in [4.78, 5) is 66.4. The van der Waals surface area contributed by atoms with Crippen LogP contribution < -0.4 is 10.6 Å². The molecule has 0 aliphatic carbocycles.